The van der Waals surface area contributed by atoms with E-state index in [9.17, 15) is 9.90 Å². The molecule has 0 atom stereocenters. The van der Waals surface area contributed by atoms with E-state index in [-0.39, 0.29) is 16.8 Å². The Hall–Kier alpha value is -3.91. The Labute approximate surface area is 190 Å². The van der Waals surface area contributed by atoms with Crippen LogP contribution in [-0.2, 0) is 6.42 Å². The molecule has 0 fully saturated rings. The van der Waals surface area contributed by atoms with Gasteiger partial charge in [-0.05, 0) is 72.7 Å². The summed E-state index contributed by atoms with van der Waals surface area (Å²) in [6, 6.07) is 17.4. The first-order valence-electron chi connectivity index (χ1n) is 9.96. The first-order valence-corrected chi connectivity index (χ1v) is 10.4. The molecule has 4 rings (SSSR count). The molecular formula is C24H21N3O4S. The van der Waals surface area contributed by atoms with Crippen LogP contribution in [0.4, 0.5) is 5.69 Å². The largest absolute Gasteiger partial charge is 0.507 e. The van der Waals surface area contributed by atoms with Crippen LogP contribution in [0.1, 0.15) is 22.8 Å². The van der Waals surface area contributed by atoms with E-state index in [0.29, 0.717) is 34.0 Å². The minimum Gasteiger partial charge on any atom is -0.507 e. The lowest BCUT2D eigenvalue weighted by Crippen LogP contribution is -2.34. The van der Waals surface area contributed by atoms with Gasteiger partial charge < -0.3 is 19.6 Å². The molecular weight excluding hydrogens is 426 g/mol. The van der Waals surface area contributed by atoms with Gasteiger partial charge >= 0.3 is 0 Å². The van der Waals surface area contributed by atoms with E-state index >= 15 is 0 Å². The molecule has 0 bridgehead atoms. The summed E-state index contributed by atoms with van der Waals surface area (Å²) in [6.45, 7) is 2.07. The number of hydrogen-bond acceptors (Lipinski definition) is 6. The van der Waals surface area contributed by atoms with Crippen molar-refractivity contribution in [1.29, 1.82) is 0 Å². The number of aryl methyl sites for hydroxylation is 1. The average molecular weight is 448 g/mol. The summed E-state index contributed by atoms with van der Waals surface area (Å²) in [7, 11) is 1.56. The van der Waals surface area contributed by atoms with Crippen molar-refractivity contribution >= 4 is 40.0 Å². The topological polar surface area (TPSA) is 96.6 Å². The minimum absolute atomic E-state index is 0.0263. The fourth-order valence-electron chi connectivity index (χ4n) is 3.18. The molecule has 0 aliphatic carbocycles. The summed E-state index contributed by atoms with van der Waals surface area (Å²) in [5, 5.41) is 16.1. The summed E-state index contributed by atoms with van der Waals surface area (Å²) in [5.41, 5.74) is 3.96. The van der Waals surface area contributed by atoms with Crippen LogP contribution in [0.3, 0.4) is 0 Å². The van der Waals surface area contributed by atoms with Crippen molar-refractivity contribution in [3.05, 3.63) is 71.8 Å². The van der Waals surface area contributed by atoms with Gasteiger partial charge in [-0.1, -0.05) is 13.0 Å². The van der Waals surface area contributed by atoms with Gasteiger partial charge in [0.2, 0.25) is 5.89 Å². The van der Waals surface area contributed by atoms with Crippen LogP contribution in [-0.4, -0.2) is 28.2 Å². The zero-order valence-corrected chi connectivity index (χ0v) is 18.3. The highest BCUT2D eigenvalue weighted by molar-refractivity contribution is 7.80. The first kappa shape index (κ1) is 21.3. The van der Waals surface area contributed by atoms with Gasteiger partial charge in [-0.2, -0.15) is 0 Å². The molecule has 1 heterocycles. The summed E-state index contributed by atoms with van der Waals surface area (Å²) >= 11 is 5.22. The van der Waals surface area contributed by atoms with Gasteiger partial charge in [-0.25, -0.2) is 4.98 Å². The standard InChI is InChI=1S/C24H21N3O4S/c1-3-14-4-11-21-19(12-14)26-23(31-21)18-10-7-16(13-20(18)28)25-24(32)27-22(29)15-5-8-17(30-2)9-6-15/h4-13,28H,3H2,1-2H3,(H2,25,27,29,32). The maximum atomic E-state index is 12.3. The van der Waals surface area contributed by atoms with E-state index in [2.05, 4.69) is 22.5 Å². The Morgan fingerprint density at radius 3 is 2.59 bits per heavy atom. The van der Waals surface area contributed by atoms with Crippen molar-refractivity contribution in [2.75, 3.05) is 12.4 Å². The number of oxazole rings is 1. The van der Waals surface area contributed by atoms with Crippen molar-refractivity contribution in [2.45, 2.75) is 13.3 Å². The minimum atomic E-state index is -0.357. The number of ether oxygens (including phenoxy) is 1. The molecule has 3 aromatic carbocycles. The Bertz CT molecular complexity index is 1300. The SMILES string of the molecule is CCc1ccc2oc(-c3ccc(NC(=S)NC(=O)c4ccc(OC)cc4)cc3O)nc2c1. The normalized spacial score (nSPS) is 10.7. The van der Waals surface area contributed by atoms with Crippen LogP contribution in [0.5, 0.6) is 11.5 Å². The summed E-state index contributed by atoms with van der Waals surface area (Å²) in [5.74, 6) is 0.598. The van der Waals surface area contributed by atoms with E-state index in [1.54, 1.807) is 43.5 Å². The molecule has 162 valence electrons. The predicted octanol–water partition coefficient (Wildman–Crippen LogP) is 4.90. The van der Waals surface area contributed by atoms with Crippen LogP contribution >= 0.6 is 12.2 Å². The summed E-state index contributed by atoms with van der Waals surface area (Å²) in [6.07, 6.45) is 0.901. The van der Waals surface area contributed by atoms with Gasteiger partial charge in [0.1, 0.15) is 17.0 Å². The van der Waals surface area contributed by atoms with Gasteiger partial charge in [0.05, 0.1) is 12.7 Å². The number of rotatable bonds is 5. The molecule has 7 nitrogen and oxygen atoms in total. The molecule has 8 heteroatoms. The molecule has 0 saturated heterocycles. The monoisotopic (exact) mass is 447 g/mol. The highest BCUT2D eigenvalue weighted by atomic mass is 32.1. The number of benzene rings is 3. The lowest BCUT2D eigenvalue weighted by Gasteiger charge is -2.11. The number of phenolic OH excluding ortho intramolecular Hbond substituents is 1. The molecule has 1 amide bonds. The highest BCUT2D eigenvalue weighted by Crippen LogP contribution is 2.33. The number of aromatic nitrogens is 1. The van der Waals surface area contributed by atoms with E-state index in [1.165, 1.54) is 6.07 Å². The molecule has 0 saturated carbocycles. The molecule has 0 aliphatic rings. The van der Waals surface area contributed by atoms with Crippen LogP contribution in [0.2, 0.25) is 0 Å². The number of anilines is 1. The van der Waals surface area contributed by atoms with Crippen LogP contribution in [0.15, 0.2) is 65.1 Å². The lowest BCUT2D eigenvalue weighted by molar-refractivity contribution is 0.0977. The van der Waals surface area contributed by atoms with Gasteiger partial charge in [0.15, 0.2) is 10.7 Å². The fourth-order valence-corrected chi connectivity index (χ4v) is 3.39. The van der Waals surface area contributed by atoms with Crippen molar-refractivity contribution in [1.82, 2.24) is 10.3 Å². The third-order valence-corrected chi connectivity index (χ3v) is 5.13. The maximum absolute atomic E-state index is 12.3. The summed E-state index contributed by atoms with van der Waals surface area (Å²) in [4.78, 5) is 16.8. The molecule has 0 aliphatic heterocycles. The van der Waals surface area contributed by atoms with E-state index in [1.807, 2.05) is 18.2 Å². The van der Waals surface area contributed by atoms with Gasteiger partial charge in [0, 0.05) is 17.3 Å². The number of thiocarbonyl (C=S) groups is 1. The number of phenols is 1. The summed E-state index contributed by atoms with van der Waals surface area (Å²) < 4.78 is 10.9. The zero-order valence-electron chi connectivity index (χ0n) is 17.5. The van der Waals surface area contributed by atoms with Crippen molar-refractivity contribution in [3.63, 3.8) is 0 Å². The van der Waals surface area contributed by atoms with Crippen LogP contribution < -0.4 is 15.4 Å². The zero-order chi connectivity index (χ0) is 22.7. The number of fused-ring (bicyclic) bond motifs is 1. The number of nitrogens with one attached hydrogen (secondary N) is 2. The van der Waals surface area contributed by atoms with Gasteiger partial charge in [-0.3, -0.25) is 10.1 Å². The smallest absolute Gasteiger partial charge is 0.257 e. The lowest BCUT2D eigenvalue weighted by atomic mass is 10.1. The third kappa shape index (κ3) is 4.55. The van der Waals surface area contributed by atoms with Gasteiger partial charge in [0.25, 0.3) is 5.91 Å². The molecule has 32 heavy (non-hydrogen) atoms. The average Bonchev–Trinajstić information content (AvgIpc) is 3.22. The Balaban J connectivity index is 1.45. The molecule has 1 aromatic heterocycles. The van der Waals surface area contributed by atoms with Crippen LogP contribution in [0, 0.1) is 0 Å². The molecule has 0 radical (unpaired) electrons. The second kappa shape index (κ2) is 9.07. The first-order chi connectivity index (χ1) is 15.5. The number of carbonyl (C=O) groups is 1. The quantitative estimate of drug-likeness (QED) is 0.375. The Kier molecular flexibility index (Phi) is 6.04. The number of carbonyl (C=O) groups excluding carboxylic acids is 1. The number of amides is 1. The second-order valence-electron chi connectivity index (χ2n) is 7.04. The molecule has 3 N–H and O–H groups in total. The molecule has 0 spiro atoms. The van der Waals surface area contributed by atoms with E-state index < -0.39 is 0 Å². The fraction of sp³-hybridized carbons (Fsp3) is 0.125. The maximum Gasteiger partial charge on any atom is 0.257 e. The highest BCUT2D eigenvalue weighted by Gasteiger charge is 2.14. The molecule has 0 unspecified atom stereocenters. The Morgan fingerprint density at radius 2 is 1.91 bits per heavy atom. The number of aromatic hydroxyl groups is 1. The van der Waals surface area contributed by atoms with Crippen molar-refractivity contribution in [2.24, 2.45) is 0 Å². The number of methoxy groups -OCH3 is 1. The number of nitrogens with zero attached hydrogens (tertiary/aromatic N) is 1. The Morgan fingerprint density at radius 1 is 1.12 bits per heavy atom. The molecule has 4 aromatic rings. The van der Waals surface area contributed by atoms with Gasteiger partial charge in [-0.15, -0.1) is 0 Å². The van der Waals surface area contributed by atoms with Crippen LogP contribution in [0.25, 0.3) is 22.6 Å². The van der Waals surface area contributed by atoms with E-state index in [4.69, 9.17) is 21.4 Å². The van der Waals surface area contributed by atoms with E-state index in [0.717, 1.165) is 17.5 Å². The predicted molar refractivity (Wildman–Crippen MR) is 127 cm³/mol. The third-order valence-electron chi connectivity index (χ3n) is 4.93. The number of hydrogen-bond donors (Lipinski definition) is 3. The van der Waals surface area contributed by atoms with Crippen molar-refractivity contribution in [3.8, 4) is 23.0 Å². The second-order valence-corrected chi connectivity index (χ2v) is 7.45. The van der Waals surface area contributed by atoms with Crippen molar-refractivity contribution < 1.29 is 19.1 Å².